The fourth-order valence-electron chi connectivity index (χ4n) is 2.81. The van der Waals surface area contributed by atoms with E-state index >= 15 is 0 Å². The second kappa shape index (κ2) is 12.8. The van der Waals surface area contributed by atoms with Crippen LogP contribution >= 0.6 is 24.0 Å². The van der Waals surface area contributed by atoms with Gasteiger partial charge in [0.2, 0.25) is 5.91 Å². The number of aliphatic imine (C=N–C) groups is 1. The molecule has 0 aromatic heterocycles. The molecule has 1 aliphatic carbocycles. The number of rotatable bonds is 10. The van der Waals surface area contributed by atoms with Crippen molar-refractivity contribution in [3.8, 4) is 0 Å². The zero-order valence-electron chi connectivity index (χ0n) is 16.8. The zero-order chi connectivity index (χ0) is 18.8. The Labute approximate surface area is 180 Å². The summed E-state index contributed by atoms with van der Waals surface area (Å²) >= 11 is 0. The van der Waals surface area contributed by atoms with E-state index in [1.54, 1.807) is 7.05 Å². The summed E-state index contributed by atoms with van der Waals surface area (Å²) < 4.78 is 0. The van der Waals surface area contributed by atoms with E-state index in [0.29, 0.717) is 12.5 Å². The molecule has 7 heteroatoms. The van der Waals surface area contributed by atoms with Crippen molar-refractivity contribution in [1.82, 2.24) is 16.0 Å². The first-order valence-electron chi connectivity index (χ1n) is 9.68. The molecule has 1 aliphatic rings. The summed E-state index contributed by atoms with van der Waals surface area (Å²) in [6.07, 6.45) is 3.65. The molecule has 1 saturated carbocycles. The third-order valence-corrected chi connectivity index (χ3v) is 4.46. The predicted molar refractivity (Wildman–Crippen MR) is 124 cm³/mol. The summed E-state index contributed by atoms with van der Waals surface area (Å²) in [6.45, 7) is 7.71. The van der Waals surface area contributed by atoms with E-state index in [4.69, 9.17) is 0 Å². The minimum absolute atomic E-state index is 0. The highest BCUT2D eigenvalue weighted by Crippen LogP contribution is 2.18. The van der Waals surface area contributed by atoms with Gasteiger partial charge in [-0.05, 0) is 50.8 Å². The Hall–Kier alpha value is -1.51. The highest BCUT2D eigenvalue weighted by atomic mass is 127. The lowest BCUT2D eigenvalue weighted by Crippen LogP contribution is -2.42. The van der Waals surface area contributed by atoms with Crippen molar-refractivity contribution < 1.29 is 4.79 Å². The number of likely N-dealkylation sites (N-methyl/N-ethyl adjacent to an activating group) is 1. The quantitative estimate of drug-likeness (QED) is 0.206. The maximum Gasteiger partial charge on any atom is 0.220 e. The second-order valence-electron chi connectivity index (χ2n) is 6.79. The van der Waals surface area contributed by atoms with Crippen LogP contribution in [0.25, 0.3) is 0 Å². The number of benzene rings is 1. The number of guanidine groups is 1. The highest BCUT2D eigenvalue weighted by molar-refractivity contribution is 14.0. The van der Waals surface area contributed by atoms with Gasteiger partial charge in [-0.2, -0.15) is 0 Å². The number of nitrogens with one attached hydrogen (secondary N) is 3. The van der Waals surface area contributed by atoms with Crippen LogP contribution in [0.4, 0.5) is 5.69 Å². The third kappa shape index (κ3) is 9.30. The molecule has 0 unspecified atom stereocenters. The minimum atomic E-state index is 0. The number of halogens is 1. The molecule has 27 heavy (non-hydrogen) atoms. The van der Waals surface area contributed by atoms with Crippen LogP contribution in [-0.4, -0.2) is 51.1 Å². The van der Waals surface area contributed by atoms with Gasteiger partial charge in [0.25, 0.3) is 0 Å². The molecule has 1 fully saturated rings. The van der Waals surface area contributed by atoms with Crippen molar-refractivity contribution >= 4 is 41.5 Å². The van der Waals surface area contributed by atoms with E-state index in [1.165, 1.54) is 11.3 Å². The maximum atomic E-state index is 11.7. The lowest BCUT2D eigenvalue weighted by Gasteiger charge is -2.24. The van der Waals surface area contributed by atoms with Gasteiger partial charge >= 0.3 is 0 Å². The first-order valence-corrected chi connectivity index (χ1v) is 9.68. The average molecular weight is 487 g/mol. The summed E-state index contributed by atoms with van der Waals surface area (Å²) in [5.41, 5.74) is 2.52. The molecular weight excluding hydrogens is 453 g/mol. The van der Waals surface area contributed by atoms with Crippen molar-refractivity contribution in [3.05, 3.63) is 29.8 Å². The minimum Gasteiger partial charge on any atom is -0.370 e. The molecule has 1 aromatic carbocycles. The second-order valence-corrected chi connectivity index (χ2v) is 6.79. The van der Waals surface area contributed by atoms with E-state index in [-0.39, 0.29) is 29.9 Å². The van der Waals surface area contributed by atoms with Gasteiger partial charge in [0, 0.05) is 51.4 Å². The van der Waals surface area contributed by atoms with Gasteiger partial charge in [0.05, 0.1) is 0 Å². The molecule has 0 radical (unpaired) electrons. The topological polar surface area (TPSA) is 68.8 Å². The molecule has 152 valence electrons. The Balaban J connectivity index is 0.00000364. The Bertz CT molecular complexity index is 604. The van der Waals surface area contributed by atoms with Crippen molar-refractivity contribution in [2.24, 2.45) is 4.99 Å². The standard InChI is InChI=1S/C20H33N5O.HI/c1-4-25(18-8-5-7-16(2)15-18)14-13-23-20(21-3)22-12-6-9-19(26)24-17-10-11-17;/h5,7-8,15,17H,4,6,9-14H2,1-3H3,(H,24,26)(H2,21,22,23);1H. The van der Waals surface area contributed by atoms with E-state index in [0.717, 1.165) is 51.4 Å². The monoisotopic (exact) mass is 487 g/mol. The van der Waals surface area contributed by atoms with Gasteiger partial charge in [-0.25, -0.2) is 0 Å². The third-order valence-electron chi connectivity index (χ3n) is 4.46. The van der Waals surface area contributed by atoms with Crippen molar-refractivity contribution in [1.29, 1.82) is 0 Å². The van der Waals surface area contributed by atoms with E-state index in [9.17, 15) is 4.79 Å². The van der Waals surface area contributed by atoms with Gasteiger partial charge in [0.15, 0.2) is 5.96 Å². The first-order chi connectivity index (χ1) is 12.6. The van der Waals surface area contributed by atoms with Crippen LogP contribution in [0.3, 0.4) is 0 Å². The summed E-state index contributed by atoms with van der Waals surface area (Å²) in [5.74, 6) is 0.946. The number of anilines is 1. The number of hydrogen-bond donors (Lipinski definition) is 3. The number of carbonyl (C=O) groups excluding carboxylic acids is 1. The molecule has 0 aliphatic heterocycles. The smallest absolute Gasteiger partial charge is 0.220 e. The molecule has 0 atom stereocenters. The van der Waals surface area contributed by atoms with E-state index in [1.807, 2.05) is 0 Å². The summed E-state index contributed by atoms with van der Waals surface area (Å²) in [5, 5.41) is 9.63. The van der Waals surface area contributed by atoms with Crippen LogP contribution in [-0.2, 0) is 4.79 Å². The van der Waals surface area contributed by atoms with Gasteiger partial charge in [-0.1, -0.05) is 12.1 Å². The van der Waals surface area contributed by atoms with Gasteiger partial charge < -0.3 is 20.9 Å². The van der Waals surface area contributed by atoms with Crippen LogP contribution < -0.4 is 20.9 Å². The fourth-order valence-corrected chi connectivity index (χ4v) is 2.81. The number of nitrogens with zero attached hydrogens (tertiary/aromatic N) is 2. The Morgan fingerprint density at radius 1 is 1.26 bits per heavy atom. The number of amides is 1. The average Bonchev–Trinajstić information content (AvgIpc) is 3.44. The normalized spacial score (nSPS) is 13.5. The largest absolute Gasteiger partial charge is 0.370 e. The lowest BCUT2D eigenvalue weighted by molar-refractivity contribution is -0.121. The number of aryl methyl sites for hydroxylation is 1. The summed E-state index contributed by atoms with van der Waals surface area (Å²) in [6, 6.07) is 9.02. The molecule has 2 rings (SSSR count). The van der Waals surface area contributed by atoms with E-state index in [2.05, 4.69) is 64.0 Å². The number of hydrogen-bond acceptors (Lipinski definition) is 3. The van der Waals surface area contributed by atoms with Gasteiger partial charge in [-0.3, -0.25) is 9.79 Å². The zero-order valence-corrected chi connectivity index (χ0v) is 19.1. The molecular formula is C20H34IN5O. The summed E-state index contributed by atoms with van der Waals surface area (Å²) in [7, 11) is 1.77. The van der Waals surface area contributed by atoms with Crippen LogP contribution in [0.15, 0.2) is 29.3 Å². The molecule has 0 saturated heterocycles. The van der Waals surface area contributed by atoms with Crippen LogP contribution in [0, 0.1) is 6.92 Å². The van der Waals surface area contributed by atoms with E-state index < -0.39 is 0 Å². The van der Waals surface area contributed by atoms with Crippen molar-refractivity contribution in [2.45, 2.75) is 45.6 Å². The molecule has 3 N–H and O–H groups in total. The SMILES string of the molecule is CCN(CCNC(=NC)NCCCC(=O)NC1CC1)c1cccc(C)c1.I. The van der Waals surface area contributed by atoms with Crippen LogP contribution in [0.1, 0.15) is 38.2 Å². The predicted octanol–water partition coefficient (Wildman–Crippen LogP) is 2.66. The molecule has 1 aromatic rings. The Morgan fingerprint density at radius 2 is 2.00 bits per heavy atom. The van der Waals surface area contributed by atoms with Crippen molar-refractivity contribution in [3.63, 3.8) is 0 Å². The molecule has 1 amide bonds. The Kier molecular flexibility index (Phi) is 11.2. The lowest BCUT2D eigenvalue weighted by atomic mass is 10.2. The molecule has 0 bridgehead atoms. The maximum absolute atomic E-state index is 11.7. The number of carbonyl (C=O) groups is 1. The highest BCUT2D eigenvalue weighted by Gasteiger charge is 2.22. The van der Waals surface area contributed by atoms with Crippen LogP contribution in [0.5, 0.6) is 0 Å². The van der Waals surface area contributed by atoms with Gasteiger partial charge in [-0.15, -0.1) is 24.0 Å². The van der Waals surface area contributed by atoms with Crippen LogP contribution in [0.2, 0.25) is 0 Å². The first kappa shape index (κ1) is 23.5. The molecule has 6 nitrogen and oxygen atoms in total. The van der Waals surface area contributed by atoms with Crippen molar-refractivity contribution in [2.75, 3.05) is 38.1 Å². The Morgan fingerprint density at radius 3 is 2.63 bits per heavy atom. The fraction of sp³-hybridized carbons (Fsp3) is 0.600. The van der Waals surface area contributed by atoms with Gasteiger partial charge in [0.1, 0.15) is 0 Å². The molecule has 0 heterocycles. The molecule has 0 spiro atoms. The summed E-state index contributed by atoms with van der Waals surface area (Å²) in [4.78, 5) is 18.2.